The molecule has 0 aromatic heterocycles. The molecule has 6 fully saturated rings. The van der Waals surface area contributed by atoms with E-state index in [1.54, 1.807) is 0 Å². The third kappa shape index (κ3) is 2.67. The highest BCUT2D eigenvalue weighted by Gasteiger charge is 2.84. The van der Waals surface area contributed by atoms with Crippen molar-refractivity contribution in [2.24, 2.45) is 34.5 Å². The van der Waals surface area contributed by atoms with Crippen molar-refractivity contribution in [2.75, 3.05) is 6.61 Å². The topological polar surface area (TPSA) is 74.4 Å². The largest absolute Gasteiger partial charge is 0.463 e. The highest BCUT2D eigenvalue weighted by atomic mass is 16.7. The Morgan fingerprint density at radius 1 is 1.09 bits per heavy atom. The molecule has 0 unspecified atom stereocenters. The van der Waals surface area contributed by atoms with Crippen LogP contribution < -0.4 is 0 Å². The van der Waals surface area contributed by atoms with Crippen molar-refractivity contribution in [3.8, 4) is 0 Å². The van der Waals surface area contributed by atoms with Gasteiger partial charge in [0.25, 0.3) is 0 Å². The van der Waals surface area contributed by atoms with Gasteiger partial charge in [0.15, 0.2) is 5.79 Å². The van der Waals surface area contributed by atoms with E-state index in [0.717, 1.165) is 44.9 Å². The fraction of sp³-hybridized carbons (Fsp3) is 0.862. The summed E-state index contributed by atoms with van der Waals surface area (Å²) in [5, 5.41) is 0. The number of rotatable bonds is 1. The number of carbonyl (C=O) groups excluding carboxylic acids is 2. The van der Waals surface area contributed by atoms with E-state index in [1.165, 1.54) is 12.5 Å². The lowest BCUT2D eigenvalue weighted by Crippen LogP contribution is -2.67. The molecule has 35 heavy (non-hydrogen) atoms. The summed E-state index contributed by atoms with van der Waals surface area (Å²) in [5.74, 6) is 0.767. The Kier molecular flexibility index (Phi) is 4.45. The number of Topliss-reactive ketones (excluding diaryl/α,β-unsaturated/α-hetero) is 1. The summed E-state index contributed by atoms with van der Waals surface area (Å²) in [6, 6.07) is 0. The lowest BCUT2D eigenvalue weighted by molar-refractivity contribution is -0.295. The van der Waals surface area contributed by atoms with Crippen LogP contribution in [0.4, 0.5) is 0 Å². The fourth-order valence-corrected chi connectivity index (χ4v) is 10.00. The Morgan fingerprint density at radius 3 is 2.60 bits per heavy atom. The zero-order chi connectivity index (χ0) is 24.6. The summed E-state index contributed by atoms with van der Waals surface area (Å²) in [7, 11) is 0. The molecular weight excluding hydrogens is 444 g/mol. The summed E-state index contributed by atoms with van der Waals surface area (Å²) < 4.78 is 25.4. The second kappa shape index (κ2) is 6.79. The second-order valence-corrected chi connectivity index (χ2v) is 13.7. The average molecular weight is 485 g/mol. The number of carbonyl (C=O) groups is 2. The summed E-state index contributed by atoms with van der Waals surface area (Å²) >= 11 is 0. The van der Waals surface area contributed by atoms with Crippen molar-refractivity contribution in [1.82, 2.24) is 0 Å². The predicted octanol–water partition coefficient (Wildman–Crippen LogP) is 4.74. The van der Waals surface area contributed by atoms with Gasteiger partial charge in [-0.3, -0.25) is 9.59 Å². The zero-order valence-electron chi connectivity index (χ0n) is 21.9. The Labute approximate surface area is 208 Å². The van der Waals surface area contributed by atoms with Crippen LogP contribution in [0.1, 0.15) is 86.0 Å². The highest BCUT2D eigenvalue weighted by molar-refractivity contribution is 5.94. The van der Waals surface area contributed by atoms with Crippen LogP contribution >= 0.6 is 0 Å². The molecule has 3 saturated carbocycles. The number of epoxide rings is 1. The van der Waals surface area contributed by atoms with E-state index in [2.05, 4.69) is 33.8 Å². The third-order valence-electron chi connectivity index (χ3n) is 11.8. The van der Waals surface area contributed by atoms with Crippen molar-refractivity contribution in [1.29, 1.82) is 0 Å². The van der Waals surface area contributed by atoms with E-state index >= 15 is 0 Å². The Morgan fingerprint density at radius 2 is 1.89 bits per heavy atom. The normalized spacial score (nSPS) is 55.2. The van der Waals surface area contributed by atoms with E-state index in [-0.39, 0.29) is 35.1 Å². The number of esters is 1. The van der Waals surface area contributed by atoms with E-state index in [1.807, 2.05) is 0 Å². The third-order valence-corrected chi connectivity index (χ3v) is 11.8. The number of hydrogen-bond donors (Lipinski definition) is 0. The molecule has 3 saturated heterocycles. The minimum absolute atomic E-state index is 0.0232. The van der Waals surface area contributed by atoms with Crippen LogP contribution in [0, 0.1) is 34.5 Å². The van der Waals surface area contributed by atoms with Crippen LogP contribution in [0.5, 0.6) is 0 Å². The molecule has 0 aromatic rings. The molecule has 6 heteroatoms. The van der Waals surface area contributed by atoms with Crippen LogP contribution in [0.15, 0.2) is 11.6 Å². The molecule has 3 aliphatic heterocycles. The molecule has 0 amide bonds. The molecule has 192 valence electrons. The van der Waals surface area contributed by atoms with Gasteiger partial charge in [0, 0.05) is 25.7 Å². The number of hydrogen-bond acceptors (Lipinski definition) is 6. The molecule has 6 nitrogen and oxygen atoms in total. The lowest BCUT2D eigenvalue weighted by Gasteiger charge is -2.62. The van der Waals surface area contributed by atoms with Crippen LogP contribution in [-0.2, 0) is 28.5 Å². The van der Waals surface area contributed by atoms with Crippen molar-refractivity contribution in [2.45, 2.75) is 115 Å². The molecule has 0 radical (unpaired) electrons. The van der Waals surface area contributed by atoms with Gasteiger partial charge in [-0.2, -0.15) is 0 Å². The Bertz CT molecular complexity index is 1030. The first-order valence-corrected chi connectivity index (χ1v) is 13.9. The monoisotopic (exact) mass is 484 g/mol. The molecule has 3 spiro atoms. The quantitative estimate of drug-likeness (QED) is 0.304. The Balaban J connectivity index is 1.20. The summed E-state index contributed by atoms with van der Waals surface area (Å²) in [4.78, 5) is 25.9. The molecule has 3 heterocycles. The zero-order valence-corrected chi connectivity index (χ0v) is 21.9. The predicted molar refractivity (Wildman–Crippen MR) is 127 cm³/mol. The standard InChI is InChI=1S/C29H40O6/c1-16-21-14-24-29(34-24)20-7-6-18-12-19(33-17(2)30)8-9-26(18,5)22(20)13-23(31)27(21,29)15-32-28(16)11-10-25(3,4)35-28/h14,16,18-20,22,24H,6-13,15H2,1-5H3/t16-,18-,19-,20+,22-,24+,26-,27-,28-,29+/m0/s1. The van der Waals surface area contributed by atoms with Gasteiger partial charge in [0.2, 0.25) is 0 Å². The van der Waals surface area contributed by atoms with Crippen molar-refractivity contribution < 1.29 is 28.5 Å². The maximum Gasteiger partial charge on any atom is 0.302 e. The van der Waals surface area contributed by atoms with E-state index < -0.39 is 16.8 Å². The van der Waals surface area contributed by atoms with Crippen molar-refractivity contribution in [3.05, 3.63) is 11.6 Å². The lowest BCUT2D eigenvalue weighted by atomic mass is 9.43. The minimum atomic E-state index is -0.641. The van der Waals surface area contributed by atoms with Gasteiger partial charge in [-0.05, 0) is 81.1 Å². The second-order valence-electron chi connectivity index (χ2n) is 13.7. The minimum Gasteiger partial charge on any atom is -0.463 e. The molecular formula is C29H40O6. The van der Waals surface area contributed by atoms with Crippen LogP contribution in [0.25, 0.3) is 0 Å². The highest BCUT2D eigenvalue weighted by Crippen LogP contribution is 2.76. The number of ketones is 1. The van der Waals surface area contributed by atoms with Crippen LogP contribution in [-0.4, -0.2) is 47.6 Å². The number of ether oxygens (including phenoxy) is 4. The maximum absolute atomic E-state index is 14.3. The molecule has 10 atom stereocenters. The van der Waals surface area contributed by atoms with Gasteiger partial charge in [-0.1, -0.05) is 19.9 Å². The number of fused-ring (bicyclic) bond motifs is 3. The van der Waals surface area contributed by atoms with E-state index in [9.17, 15) is 9.59 Å². The van der Waals surface area contributed by atoms with Crippen LogP contribution in [0.3, 0.4) is 0 Å². The molecule has 0 bridgehead atoms. The molecule has 4 aliphatic carbocycles. The molecule has 0 N–H and O–H groups in total. The van der Waals surface area contributed by atoms with Gasteiger partial charge in [0.05, 0.1) is 12.2 Å². The van der Waals surface area contributed by atoms with Crippen LogP contribution in [0.2, 0.25) is 0 Å². The van der Waals surface area contributed by atoms with E-state index in [0.29, 0.717) is 36.6 Å². The first-order valence-electron chi connectivity index (χ1n) is 13.9. The Hall–Kier alpha value is -1.24. The maximum atomic E-state index is 14.3. The van der Waals surface area contributed by atoms with Gasteiger partial charge in [0.1, 0.15) is 29.0 Å². The SMILES string of the molecule is CC(=O)O[C@H]1CC[C@@]2(C)[C@@H](CC[C@@H]3[C@@H]2CC(=O)[C@]24CO[C@]5(CCC(C)(C)O5)[C@@H](C)C2=C[C@H]2O[C@]324)C1. The van der Waals surface area contributed by atoms with Gasteiger partial charge in [-0.25, -0.2) is 0 Å². The summed E-state index contributed by atoms with van der Waals surface area (Å²) in [6.45, 7) is 10.8. The van der Waals surface area contributed by atoms with Gasteiger partial charge in [-0.15, -0.1) is 0 Å². The summed E-state index contributed by atoms with van der Waals surface area (Å²) in [5.41, 5.74) is 0.0672. The van der Waals surface area contributed by atoms with Gasteiger partial charge >= 0.3 is 5.97 Å². The molecule has 0 aromatic carbocycles. The first-order chi connectivity index (χ1) is 16.5. The molecule has 7 aliphatic rings. The van der Waals surface area contributed by atoms with Gasteiger partial charge < -0.3 is 18.9 Å². The van der Waals surface area contributed by atoms with Crippen molar-refractivity contribution >= 4 is 11.8 Å². The van der Waals surface area contributed by atoms with E-state index in [4.69, 9.17) is 18.9 Å². The molecule has 7 rings (SSSR count). The summed E-state index contributed by atoms with van der Waals surface area (Å²) in [6.07, 6.45) is 9.83. The fourth-order valence-electron chi connectivity index (χ4n) is 10.00. The smallest absolute Gasteiger partial charge is 0.302 e. The average Bonchev–Trinajstić information content (AvgIpc) is 3.29. The van der Waals surface area contributed by atoms with Crippen molar-refractivity contribution in [3.63, 3.8) is 0 Å². The first kappa shape index (κ1) is 22.9.